The van der Waals surface area contributed by atoms with Crippen molar-refractivity contribution >= 4 is 39.2 Å². The zero-order valence-electron chi connectivity index (χ0n) is 10.5. The van der Waals surface area contributed by atoms with Gasteiger partial charge in [0.05, 0.1) is 12.7 Å². The van der Waals surface area contributed by atoms with Crippen LogP contribution in [-0.4, -0.2) is 33.2 Å². The lowest BCUT2D eigenvalue weighted by Gasteiger charge is -2.27. The Hall–Kier alpha value is -1.67. The number of nitrogens with zero attached hydrogens (tertiary/aromatic N) is 3. The van der Waals surface area contributed by atoms with Gasteiger partial charge >= 0.3 is 5.97 Å². The number of thiophene rings is 1. The number of rotatable bonds is 3. The maximum Gasteiger partial charge on any atom is 0.338 e. The Kier molecular flexibility index (Phi) is 3.58. The van der Waals surface area contributed by atoms with Crippen LogP contribution in [0.25, 0.3) is 0 Å². The number of anilines is 1. The van der Waals surface area contributed by atoms with Crippen LogP contribution in [-0.2, 0) is 9.53 Å². The highest BCUT2D eigenvalue weighted by Gasteiger charge is 2.35. The number of alkyl halides is 1. The molecule has 1 aliphatic rings. The lowest BCUT2D eigenvalue weighted by Crippen LogP contribution is -2.30. The Bertz CT molecular complexity index is 665. The van der Waals surface area contributed by atoms with Crippen LogP contribution in [0.1, 0.15) is 10.9 Å². The molecule has 0 aliphatic carbocycles. The number of carbonyl (C=O) groups excluding carboxylic acids is 1. The van der Waals surface area contributed by atoms with Crippen molar-refractivity contribution in [3.8, 4) is 0 Å². The third kappa shape index (κ3) is 2.04. The van der Waals surface area contributed by atoms with Crippen molar-refractivity contribution in [2.24, 2.45) is 0 Å². The molecule has 1 unspecified atom stereocenters. The number of hydrogen-bond acceptors (Lipinski definition) is 6. The Morgan fingerprint density at radius 3 is 3.15 bits per heavy atom. The first-order valence-electron chi connectivity index (χ1n) is 5.83. The Balaban J connectivity index is 2.19. The monoisotopic (exact) mass is 354 g/mol. The molecule has 0 fully saturated rings. The molecule has 0 radical (unpaired) electrons. The summed E-state index contributed by atoms with van der Waals surface area (Å²) >= 11 is 4.96. The fourth-order valence-electron chi connectivity index (χ4n) is 2.18. The summed E-state index contributed by atoms with van der Waals surface area (Å²) < 4.78 is 6.63. The van der Waals surface area contributed by atoms with Crippen LogP contribution in [0.5, 0.6) is 0 Å². The van der Waals surface area contributed by atoms with Gasteiger partial charge in [-0.2, -0.15) is 10.1 Å². The summed E-state index contributed by atoms with van der Waals surface area (Å²) in [5.41, 5.74) is 1.29. The molecule has 20 heavy (non-hydrogen) atoms. The van der Waals surface area contributed by atoms with E-state index in [1.807, 2.05) is 17.5 Å². The van der Waals surface area contributed by atoms with Gasteiger partial charge in [-0.3, -0.25) is 0 Å². The molecule has 0 amide bonds. The van der Waals surface area contributed by atoms with Gasteiger partial charge in [0, 0.05) is 15.9 Å². The fourth-order valence-corrected chi connectivity index (χ4v) is 3.44. The molecule has 6 nitrogen and oxygen atoms in total. The smallest absolute Gasteiger partial charge is 0.338 e. The third-order valence-corrected chi connectivity index (χ3v) is 4.52. The van der Waals surface area contributed by atoms with Gasteiger partial charge in [-0.05, 0) is 11.4 Å². The van der Waals surface area contributed by atoms with E-state index in [1.165, 1.54) is 13.4 Å². The fraction of sp³-hybridized carbons (Fsp3) is 0.250. The summed E-state index contributed by atoms with van der Waals surface area (Å²) in [7, 11) is 1.38. The molecule has 3 heterocycles. The first-order chi connectivity index (χ1) is 9.76. The van der Waals surface area contributed by atoms with E-state index in [2.05, 4.69) is 31.3 Å². The number of halogens is 1. The summed E-state index contributed by atoms with van der Waals surface area (Å²) in [6.07, 6.45) is 1.47. The molecule has 1 N–H and O–H groups in total. The second kappa shape index (κ2) is 5.37. The van der Waals surface area contributed by atoms with Crippen LogP contribution >= 0.6 is 27.3 Å². The van der Waals surface area contributed by atoms with Crippen molar-refractivity contribution in [2.75, 3.05) is 17.8 Å². The molecule has 8 heteroatoms. The molecule has 1 atom stereocenters. The van der Waals surface area contributed by atoms with Crippen LogP contribution in [0.4, 0.5) is 5.95 Å². The van der Waals surface area contributed by atoms with Gasteiger partial charge in [-0.15, -0.1) is 11.3 Å². The molecule has 0 bridgehead atoms. The van der Waals surface area contributed by atoms with Crippen LogP contribution in [0.15, 0.2) is 35.1 Å². The highest BCUT2D eigenvalue weighted by atomic mass is 79.9. The van der Waals surface area contributed by atoms with Crippen LogP contribution in [0.3, 0.4) is 0 Å². The molecule has 3 rings (SSSR count). The molecule has 0 saturated carbocycles. The molecule has 1 aliphatic heterocycles. The Morgan fingerprint density at radius 2 is 2.50 bits per heavy atom. The molecule has 104 valence electrons. The van der Waals surface area contributed by atoms with Gasteiger partial charge in [0.25, 0.3) is 0 Å². The first-order valence-corrected chi connectivity index (χ1v) is 7.83. The number of fused-ring (bicyclic) bond motifs is 1. The lowest BCUT2D eigenvalue weighted by atomic mass is 10.0. The normalized spacial score (nSPS) is 17.6. The zero-order chi connectivity index (χ0) is 14.1. The predicted molar refractivity (Wildman–Crippen MR) is 78.9 cm³/mol. The molecule has 2 aromatic rings. The van der Waals surface area contributed by atoms with Crippen molar-refractivity contribution in [1.82, 2.24) is 14.8 Å². The maximum absolute atomic E-state index is 12.2. The number of ether oxygens (including phenoxy) is 1. The van der Waals surface area contributed by atoms with E-state index in [0.717, 1.165) is 10.6 Å². The standard InChI is InChI=1S/C12H11BrN4O2S/c1-19-11(18)9-7(5-13)16-12-14-6-15-17(12)10(9)8-3-2-4-20-8/h2-4,6,10H,5H2,1H3,(H,14,15,16). The summed E-state index contributed by atoms with van der Waals surface area (Å²) in [5, 5.41) is 9.81. The number of nitrogens with one attached hydrogen (secondary N) is 1. The van der Waals surface area contributed by atoms with Gasteiger partial charge in [-0.1, -0.05) is 22.0 Å². The molecule has 0 aromatic carbocycles. The van der Waals surface area contributed by atoms with Crippen molar-refractivity contribution in [2.45, 2.75) is 6.04 Å². The van der Waals surface area contributed by atoms with E-state index in [-0.39, 0.29) is 12.0 Å². The second-order valence-corrected chi connectivity index (χ2v) is 5.63. The highest BCUT2D eigenvalue weighted by molar-refractivity contribution is 9.09. The van der Waals surface area contributed by atoms with E-state index in [1.54, 1.807) is 16.0 Å². The van der Waals surface area contributed by atoms with Crippen LogP contribution < -0.4 is 5.32 Å². The van der Waals surface area contributed by atoms with Gasteiger partial charge in [-0.25, -0.2) is 9.48 Å². The summed E-state index contributed by atoms with van der Waals surface area (Å²) in [5.74, 6) is 0.247. The summed E-state index contributed by atoms with van der Waals surface area (Å²) in [6.45, 7) is 0. The molecule has 0 spiro atoms. The SMILES string of the molecule is COC(=O)C1=C(CBr)Nc2ncnn2C1c1cccs1. The number of hydrogen-bond donors (Lipinski definition) is 1. The first kappa shape index (κ1) is 13.3. The van der Waals surface area contributed by atoms with E-state index in [0.29, 0.717) is 16.9 Å². The number of esters is 1. The van der Waals surface area contributed by atoms with E-state index in [9.17, 15) is 4.79 Å². The van der Waals surface area contributed by atoms with Crippen molar-refractivity contribution in [3.63, 3.8) is 0 Å². The molecular weight excluding hydrogens is 344 g/mol. The second-order valence-electron chi connectivity index (χ2n) is 4.09. The summed E-state index contributed by atoms with van der Waals surface area (Å²) in [4.78, 5) is 17.4. The van der Waals surface area contributed by atoms with Gasteiger partial charge in [0.2, 0.25) is 5.95 Å². The largest absolute Gasteiger partial charge is 0.466 e. The van der Waals surface area contributed by atoms with E-state index >= 15 is 0 Å². The topological polar surface area (TPSA) is 69.0 Å². The quantitative estimate of drug-likeness (QED) is 0.675. The molecule has 2 aromatic heterocycles. The van der Waals surface area contributed by atoms with Gasteiger partial charge in [0.1, 0.15) is 12.4 Å². The minimum Gasteiger partial charge on any atom is -0.466 e. The average molecular weight is 355 g/mol. The zero-order valence-corrected chi connectivity index (χ0v) is 12.9. The van der Waals surface area contributed by atoms with Crippen molar-refractivity contribution in [3.05, 3.63) is 40.0 Å². The predicted octanol–water partition coefficient (Wildman–Crippen LogP) is 2.18. The van der Waals surface area contributed by atoms with Gasteiger partial charge in [0.15, 0.2) is 0 Å². The van der Waals surface area contributed by atoms with Crippen LogP contribution in [0, 0.1) is 0 Å². The lowest BCUT2D eigenvalue weighted by molar-refractivity contribution is -0.136. The Labute approximate surface area is 127 Å². The minimum atomic E-state index is -0.369. The van der Waals surface area contributed by atoms with Crippen molar-refractivity contribution in [1.29, 1.82) is 0 Å². The number of allylic oxidation sites excluding steroid dienone is 1. The summed E-state index contributed by atoms with van der Waals surface area (Å²) in [6, 6.07) is 3.61. The molecule has 0 saturated heterocycles. The van der Waals surface area contributed by atoms with E-state index < -0.39 is 0 Å². The number of aromatic nitrogens is 3. The minimum absolute atomic E-state index is 0.311. The average Bonchev–Trinajstić information content (AvgIpc) is 3.15. The number of carbonyl (C=O) groups is 1. The Morgan fingerprint density at radius 1 is 1.65 bits per heavy atom. The number of methoxy groups -OCH3 is 1. The molecular formula is C12H11BrN4O2S. The van der Waals surface area contributed by atoms with Gasteiger partial charge < -0.3 is 10.1 Å². The third-order valence-electron chi connectivity index (χ3n) is 3.03. The van der Waals surface area contributed by atoms with Crippen LogP contribution in [0.2, 0.25) is 0 Å². The highest BCUT2D eigenvalue weighted by Crippen LogP contribution is 2.37. The maximum atomic E-state index is 12.2. The van der Waals surface area contributed by atoms with Crippen molar-refractivity contribution < 1.29 is 9.53 Å². The van der Waals surface area contributed by atoms with E-state index in [4.69, 9.17) is 4.74 Å².